The number of hydrogen-bond donors (Lipinski definition) is 2. The second kappa shape index (κ2) is 8.08. The average Bonchev–Trinajstić information content (AvgIpc) is 2.36. The lowest BCUT2D eigenvalue weighted by atomic mass is 10.1. The summed E-state index contributed by atoms with van der Waals surface area (Å²) >= 11 is 0. The lowest BCUT2D eigenvalue weighted by Crippen LogP contribution is -2.33. The molecule has 1 aromatic rings. The predicted molar refractivity (Wildman–Crippen MR) is 71.6 cm³/mol. The van der Waals surface area contributed by atoms with Crippen molar-refractivity contribution in [3.63, 3.8) is 0 Å². The smallest absolute Gasteiger partial charge is 0.169 e. The zero-order valence-corrected chi connectivity index (χ0v) is 11.3. The molecule has 18 heavy (non-hydrogen) atoms. The van der Waals surface area contributed by atoms with E-state index in [9.17, 15) is 5.11 Å². The minimum Gasteiger partial charge on any atom is -0.508 e. The van der Waals surface area contributed by atoms with Crippen LogP contribution in [0.1, 0.15) is 32.4 Å². The number of aromatic hydroxyl groups is 1. The summed E-state index contributed by atoms with van der Waals surface area (Å²) in [7, 11) is 0. The van der Waals surface area contributed by atoms with Crippen LogP contribution in [-0.4, -0.2) is 31.2 Å². The predicted octanol–water partition coefficient (Wildman–Crippen LogP) is 2.44. The Kier molecular flexibility index (Phi) is 6.72. The van der Waals surface area contributed by atoms with Gasteiger partial charge in [0.25, 0.3) is 0 Å². The molecule has 0 saturated carbocycles. The molecule has 0 bridgehead atoms. The fourth-order valence-corrected chi connectivity index (χ4v) is 1.77. The number of phenolic OH excluding ortho intramolecular Hbond substituents is 1. The molecule has 0 aliphatic rings. The van der Waals surface area contributed by atoms with Crippen LogP contribution < -0.4 is 5.32 Å². The van der Waals surface area contributed by atoms with Crippen LogP contribution in [0.4, 0.5) is 0 Å². The Morgan fingerprint density at radius 2 is 1.78 bits per heavy atom. The number of nitrogens with one attached hydrogen (secondary N) is 1. The number of benzene rings is 1. The Balaban J connectivity index is 2.49. The molecule has 4 nitrogen and oxygen atoms in total. The van der Waals surface area contributed by atoms with E-state index in [1.165, 1.54) is 0 Å². The standard InChI is InChI=1S/C14H23NO3/c1-4-17-14(18-5-2)10-15-11(3)12-8-6-7-9-13(12)16/h6-9,11,14-16H,4-5,10H2,1-3H3. The minimum absolute atomic E-state index is 0.0506. The first-order valence-electron chi connectivity index (χ1n) is 6.43. The summed E-state index contributed by atoms with van der Waals surface area (Å²) in [6.07, 6.45) is -0.242. The Morgan fingerprint density at radius 1 is 1.17 bits per heavy atom. The van der Waals surface area contributed by atoms with E-state index < -0.39 is 0 Å². The van der Waals surface area contributed by atoms with Crippen LogP contribution in [0.5, 0.6) is 5.75 Å². The Bertz CT molecular complexity index is 338. The van der Waals surface area contributed by atoms with E-state index in [1.807, 2.05) is 39.0 Å². The zero-order valence-electron chi connectivity index (χ0n) is 11.3. The van der Waals surface area contributed by atoms with E-state index >= 15 is 0 Å². The van der Waals surface area contributed by atoms with Crippen molar-refractivity contribution in [2.24, 2.45) is 0 Å². The molecule has 0 aliphatic carbocycles. The SMILES string of the molecule is CCOC(CNC(C)c1ccccc1O)OCC. The van der Waals surface area contributed by atoms with E-state index in [1.54, 1.807) is 6.07 Å². The number of phenols is 1. The molecule has 2 N–H and O–H groups in total. The van der Waals surface area contributed by atoms with Crippen molar-refractivity contribution in [2.45, 2.75) is 33.1 Å². The molecule has 0 spiro atoms. The highest BCUT2D eigenvalue weighted by Gasteiger charge is 2.13. The van der Waals surface area contributed by atoms with Gasteiger partial charge in [0, 0.05) is 31.4 Å². The first-order valence-corrected chi connectivity index (χ1v) is 6.43. The Morgan fingerprint density at radius 3 is 2.33 bits per heavy atom. The molecule has 1 rings (SSSR count). The quantitative estimate of drug-likeness (QED) is 0.699. The van der Waals surface area contributed by atoms with E-state index in [0.29, 0.717) is 25.5 Å². The maximum atomic E-state index is 9.75. The number of para-hydroxylation sites is 1. The summed E-state index contributed by atoms with van der Waals surface area (Å²) in [4.78, 5) is 0. The van der Waals surface area contributed by atoms with Gasteiger partial charge in [0.15, 0.2) is 6.29 Å². The largest absolute Gasteiger partial charge is 0.508 e. The minimum atomic E-state index is -0.242. The molecule has 0 radical (unpaired) electrons. The lowest BCUT2D eigenvalue weighted by molar-refractivity contribution is -0.133. The van der Waals surface area contributed by atoms with Crippen LogP contribution in [0.2, 0.25) is 0 Å². The highest BCUT2D eigenvalue weighted by Crippen LogP contribution is 2.22. The molecule has 0 fully saturated rings. The van der Waals surface area contributed by atoms with Gasteiger partial charge in [-0.15, -0.1) is 0 Å². The van der Waals surface area contributed by atoms with Gasteiger partial charge in [-0.2, -0.15) is 0 Å². The van der Waals surface area contributed by atoms with E-state index in [0.717, 1.165) is 5.56 Å². The molecular formula is C14H23NO3. The highest BCUT2D eigenvalue weighted by molar-refractivity contribution is 5.34. The summed E-state index contributed by atoms with van der Waals surface area (Å²) in [6, 6.07) is 7.37. The maximum Gasteiger partial charge on any atom is 0.169 e. The van der Waals surface area contributed by atoms with Crippen molar-refractivity contribution >= 4 is 0 Å². The van der Waals surface area contributed by atoms with Gasteiger partial charge < -0.3 is 19.9 Å². The van der Waals surface area contributed by atoms with Gasteiger partial charge in [0.1, 0.15) is 5.75 Å². The van der Waals surface area contributed by atoms with Crippen molar-refractivity contribution < 1.29 is 14.6 Å². The molecule has 0 aliphatic heterocycles. The zero-order chi connectivity index (χ0) is 13.4. The summed E-state index contributed by atoms with van der Waals surface area (Å²) in [6.45, 7) is 7.73. The third-order valence-corrected chi connectivity index (χ3v) is 2.70. The average molecular weight is 253 g/mol. The number of ether oxygens (including phenoxy) is 2. The summed E-state index contributed by atoms with van der Waals surface area (Å²) in [5.41, 5.74) is 0.879. The third kappa shape index (κ3) is 4.64. The van der Waals surface area contributed by atoms with Crippen LogP contribution >= 0.6 is 0 Å². The molecular weight excluding hydrogens is 230 g/mol. The van der Waals surface area contributed by atoms with Gasteiger partial charge in [0.05, 0.1) is 0 Å². The second-order valence-corrected chi connectivity index (χ2v) is 4.03. The number of hydrogen-bond acceptors (Lipinski definition) is 4. The molecule has 102 valence electrons. The molecule has 0 heterocycles. The van der Waals surface area contributed by atoms with Crippen molar-refractivity contribution in [2.75, 3.05) is 19.8 Å². The van der Waals surface area contributed by atoms with Gasteiger partial charge in [-0.3, -0.25) is 0 Å². The molecule has 0 aromatic heterocycles. The molecule has 0 amide bonds. The fourth-order valence-electron chi connectivity index (χ4n) is 1.77. The fraction of sp³-hybridized carbons (Fsp3) is 0.571. The van der Waals surface area contributed by atoms with Crippen LogP contribution in [-0.2, 0) is 9.47 Å². The van der Waals surface area contributed by atoms with Crippen LogP contribution in [0, 0.1) is 0 Å². The summed E-state index contributed by atoms with van der Waals surface area (Å²) in [5.74, 6) is 0.307. The summed E-state index contributed by atoms with van der Waals surface area (Å²) in [5, 5.41) is 13.0. The first kappa shape index (κ1) is 15.0. The molecule has 0 saturated heterocycles. The van der Waals surface area contributed by atoms with Crippen LogP contribution in [0.25, 0.3) is 0 Å². The molecule has 1 unspecified atom stereocenters. The van der Waals surface area contributed by atoms with Gasteiger partial charge >= 0.3 is 0 Å². The van der Waals surface area contributed by atoms with Crippen LogP contribution in [0.15, 0.2) is 24.3 Å². The normalized spacial score (nSPS) is 12.9. The van der Waals surface area contributed by atoms with E-state index in [4.69, 9.17) is 9.47 Å². The van der Waals surface area contributed by atoms with Gasteiger partial charge in [-0.25, -0.2) is 0 Å². The Hall–Kier alpha value is -1.10. The monoisotopic (exact) mass is 253 g/mol. The van der Waals surface area contributed by atoms with E-state index in [2.05, 4.69) is 5.32 Å². The maximum absolute atomic E-state index is 9.75. The number of rotatable bonds is 8. The second-order valence-electron chi connectivity index (χ2n) is 4.03. The highest BCUT2D eigenvalue weighted by atomic mass is 16.7. The lowest BCUT2D eigenvalue weighted by Gasteiger charge is -2.21. The van der Waals surface area contributed by atoms with Crippen molar-refractivity contribution in [3.8, 4) is 5.75 Å². The first-order chi connectivity index (χ1) is 8.69. The van der Waals surface area contributed by atoms with Crippen molar-refractivity contribution in [3.05, 3.63) is 29.8 Å². The van der Waals surface area contributed by atoms with Crippen molar-refractivity contribution in [1.29, 1.82) is 0 Å². The van der Waals surface area contributed by atoms with E-state index in [-0.39, 0.29) is 12.3 Å². The topological polar surface area (TPSA) is 50.7 Å². The van der Waals surface area contributed by atoms with Crippen molar-refractivity contribution in [1.82, 2.24) is 5.32 Å². The molecule has 1 atom stereocenters. The Labute approximate surface area is 109 Å². The van der Waals surface area contributed by atoms with Gasteiger partial charge in [-0.1, -0.05) is 18.2 Å². The van der Waals surface area contributed by atoms with Crippen LogP contribution in [0.3, 0.4) is 0 Å². The summed E-state index contributed by atoms with van der Waals surface area (Å²) < 4.78 is 10.9. The molecule has 1 aromatic carbocycles. The van der Waals surface area contributed by atoms with Gasteiger partial charge in [0.2, 0.25) is 0 Å². The third-order valence-electron chi connectivity index (χ3n) is 2.70. The van der Waals surface area contributed by atoms with Gasteiger partial charge in [-0.05, 0) is 26.8 Å². The molecule has 4 heteroatoms.